The summed E-state index contributed by atoms with van der Waals surface area (Å²) in [5.41, 5.74) is 1.55. The van der Waals surface area contributed by atoms with Gasteiger partial charge in [0.1, 0.15) is 0 Å². The van der Waals surface area contributed by atoms with Gasteiger partial charge in [0.2, 0.25) is 0 Å². The molecule has 3 rings (SSSR count). The van der Waals surface area contributed by atoms with E-state index in [1.807, 2.05) is 17.9 Å². The predicted octanol–water partition coefficient (Wildman–Crippen LogP) is 0.748. The summed E-state index contributed by atoms with van der Waals surface area (Å²) < 4.78 is 5.05. The van der Waals surface area contributed by atoms with Crippen molar-refractivity contribution < 1.29 is 14.3 Å². The monoisotopic (exact) mass is 361 g/mol. The maximum Gasteiger partial charge on any atom is 0.409 e. The molecule has 0 bridgehead atoms. The first-order chi connectivity index (χ1) is 12.6. The summed E-state index contributed by atoms with van der Waals surface area (Å²) in [6.45, 7) is 8.10. The number of ether oxygens (including phenoxy) is 1. The van der Waals surface area contributed by atoms with Crippen LogP contribution >= 0.6 is 0 Å². The van der Waals surface area contributed by atoms with Crippen molar-refractivity contribution in [1.29, 1.82) is 0 Å². The summed E-state index contributed by atoms with van der Waals surface area (Å²) in [6, 6.07) is 1.91. The highest BCUT2D eigenvalue weighted by Gasteiger charge is 2.24. The Kier molecular flexibility index (Phi) is 5.92. The minimum Gasteiger partial charge on any atom is -0.450 e. The summed E-state index contributed by atoms with van der Waals surface area (Å²) in [6.07, 6.45) is 3.16. The van der Waals surface area contributed by atoms with Gasteiger partial charge in [0.05, 0.1) is 24.1 Å². The zero-order chi connectivity index (χ0) is 18.5. The molecule has 2 fully saturated rings. The average molecular weight is 361 g/mol. The van der Waals surface area contributed by atoms with E-state index in [-0.39, 0.29) is 12.0 Å². The number of amides is 2. The highest BCUT2D eigenvalue weighted by atomic mass is 16.6. The predicted molar refractivity (Wildman–Crippen MR) is 98.4 cm³/mol. The van der Waals surface area contributed by atoms with Crippen LogP contribution in [0.25, 0.3) is 0 Å². The van der Waals surface area contributed by atoms with Crippen molar-refractivity contribution >= 4 is 17.7 Å². The molecule has 2 saturated heterocycles. The minimum absolute atomic E-state index is 0.0395. The molecule has 2 aliphatic heterocycles. The van der Waals surface area contributed by atoms with Gasteiger partial charge in [0.25, 0.3) is 5.91 Å². The van der Waals surface area contributed by atoms with Crippen molar-refractivity contribution in [3.63, 3.8) is 0 Å². The zero-order valence-electron chi connectivity index (χ0n) is 15.6. The second kappa shape index (κ2) is 8.35. The molecule has 1 aromatic heterocycles. The van der Waals surface area contributed by atoms with Crippen molar-refractivity contribution in [2.75, 3.05) is 70.9 Å². The van der Waals surface area contributed by atoms with Gasteiger partial charge in [0, 0.05) is 58.6 Å². The number of aromatic nitrogens is 1. The van der Waals surface area contributed by atoms with Crippen LogP contribution in [0.1, 0.15) is 17.3 Å². The maximum atomic E-state index is 12.7. The van der Waals surface area contributed by atoms with E-state index in [2.05, 4.69) is 21.8 Å². The van der Waals surface area contributed by atoms with E-state index in [4.69, 9.17) is 4.74 Å². The topological polar surface area (TPSA) is 69.2 Å². The molecule has 0 atom stereocenters. The number of hydrogen-bond donors (Lipinski definition) is 0. The van der Waals surface area contributed by atoms with Crippen LogP contribution in [-0.4, -0.2) is 97.7 Å². The van der Waals surface area contributed by atoms with Crippen molar-refractivity contribution in [2.24, 2.45) is 0 Å². The molecule has 8 heteroatoms. The lowest BCUT2D eigenvalue weighted by Gasteiger charge is -2.35. The number of carbonyl (C=O) groups is 2. The third-order valence-corrected chi connectivity index (χ3v) is 4.93. The number of nitrogens with zero attached hydrogens (tertiary/aromatic N) is 5. The Morgan fingerprint density at radius 3 is 2.31 bits per heavy atom. The molecule has 26 heavy (non-hydrogen) atoms. The molecular weight excluding hydrogens is 334 g/mol. The molecule has 0 unspecified atom stereocenters. The van der Waals surface area contributed by atoms with Crippen molar-refractivity contribution in [1.82, 2.24) is 19.7 Å². The number of rotatable bonds is 3. The number of piperazine rings is 2. The first kappa shape index (κ1) is 18.4. The van der Waals surface area contributed by atoms with Gasteiger partial charge >= 0.3 is 6.09 Å². The third kappa shape index (κ3) is 4.24. The van der Waals surface area contributed by atoms with Gasteiger partial charge in [0.15, 0.2) is 0 Å². The number of pyridine rings is 1. The van der Waals surface area contributed by atoms with E-state index in [1.54, 1.807) is 17.3 Å². The van der Waals surface area contributed by atoms with Crippen LogP contribution in [0, 0.1) is 0 Å². The Morgan fingerprint density at radius 1 is 1.00 bits per heavy atom. The molecule has 0 aromatic carbocycles. The van der Waals surface area contributed by atoms with Crippen LogP contribution in [0.3, 0.4) is 0 Å². The zero-order valence-corrected chi connectivity index (χ0v) is 15.6. The van der Waals surface area contributed by atoms with E-state index >= 15 is 0 Å². The van der Waals surface area contributed by atoms with Crippen LogP contribution in [0.5, 0.6) is 0 Å². The molecule has 0 saturated carbocycles. The maximum absolute atomic E-state index is 12.7. The fourth-order valence-corrected chi connectivity index (χ4v) is 3.27. The van der Waals surface area contributed by atoms with Crippen LogP contribution < -0.4 is 4.90 Å². The molecule has 2 amide bonds. The first-order valence-corrected chi connectivity index (χ1v) is 9.18. The van der Waals surface area contributed by atoms with Gasteiger partial charge in [-0.2, -0.15) is 0 Å². The summed E-state index contributed by atoms with van der Waals surface area (Å²) in [7, 11) is 2.07. The number of likely N-dealkylation sites (N-methyl/N-ethyl adjacent to an activating group) is 1. The normalized spacial score (nSPS) is 18.8. The summed E-state index contributed by atoms with van der Waals surface area (Å²) in [5, 5.41) is 0. The molecule has 3 heterocycles. The van der Waals surface area contributed by atoms with E-state index in [0.717, 1.165) is 31.9 Å². The van der Waals surface area contributed by atoms with Crippen LogP contribution in [-0.2, 0) is 4.74 Å². The van der Waals surface area contributed by atoms with Gasteiger partial charge in [-0.1, -0.05) is 0 Å². The number of carbonyl (C=O) groups excluding carboxylic acids is 2. The van der Waals surface area contributed by atoms with Crippen molar-refractivity contribution in [3.8, 4) is 0 Å². The Balaban J connectivity index is 1.61. The highest BCUT2D eigenvalue weighted by molar-refractivity contribution is 5.94. The van der Waals surface area contributed by atoms with Gasteiger partial charge in [-0.25, -0.2) is 4.79 Å². The van der Waals surface area contributed by atoms with E-state index in [9.17, 15) is 9.59 Å². The lowest BCUT2D eigenvalue weighted by molar-refractivity contribution is 0.0663. The molecule has 142 valence electrons. The Labute approximate surface area is 154 Å². The SMILES string of the molecule is CCOC(=O)N1CCN(c2cncc(C(=O)N3CCN(C)CC3)c2)CC1. The Morgan fingerprint density at radius 2 is 1.65 bits per heavy atom. The molecule has 2 aliphatic rings. The lowest BCUT2D eigenvalue weighted by Crippen LogP contribution is -2.49. The van der Waals surface area contributed by atoms with Crippen LogP contribution in [0.4, 0.5) is 10.5 Å². The average Bonchev–Trinajstić information content (AvgIpc) is 2.68. The molecular formula is C18H27N5O3. The second-order valence-corrected chi connectivity index (χ2v) is 6.70. The first-order valence-electron chi connectivity index (χ1n) is 9.18. The van der Waals surface area contributed by atoms with Gasteiger partial charge < -0.3 is 24.3 Å². The van der Waals surface area contributed by atoms with Crippen molar-refractivity contribution in [2.45, 2.75) is 6.92 Å². The standard InChI is InChI=1S/C18H27N5O3/c1-3-26-18(25)23-10-8-21(9-11-23)16-12-15(13-19-14-16)17(24)22-6-4-20(2)5-7-22/h12-14H,3-11H2,1-2H3. The highest BCUT2D eigenvalue weighted by Crippen LogP contribution is 2.18. The van der Waals surface area contributed by atoms with E-state index in [1.165, 1.54) is 0 Å². The van der Waals surface area contributed by atoms with Crippen molar-refractivity contribution in [3.05, 3.63) is 24.0 Å². The Bertz CT molecular complexity index is 637. The smallest absolute Gasteiger partial charge is 0.409 e. The molecule has 1 aromatic rings. The molecule has 0 radical (unpaired) electrons. The molecule has 8 nitrogen and oxygen atoms in total. The van der Waals surface area contributed by atoms with E-state index in [0.29, 0.717) is 38.3 Å². The molecule has 0 aliphatic carbocycles. The van der Waals surface area contributed by atoms with E-state index < -0.39 is 0 Å². The third-order valence-electron chi connectivity index (χ3n) is 4.93. The van der Waals surface area contributed by atoms with Gasteiger partial charge in [-0.15, -0.1) is 0 Å². The van der Waals surface area contributed by atoms with Crippen LogP contribution in [0.15, 0.2) is 18.5 Å². The second-order valence-electron chi connectivity index (χ2n) is 6.70. The fraction of sp³-hybridized carbons (Fsp3) is 0.611. The fourth-order valence-electron chi connectivity index (χ4n) is 3.27. The molecule has 0 spiro atoms. The summed E-state index contributed by atoms with van der Waals surface area (Å²) in [4.78, 5) is 36.8. The minimum atomic E-state index is -0.260. The number of anilines is 1. The summed E-state index contributed by atoms with van der Waals surface area (Å²) in [5.74, 6) is 0.0395. The largest absolute Gasteiger partial charge is 0.450 e. The Hall–Kier alpha value is -2.35. The van der Waals surface area contributed by atoms with Crippen LogP contribution in [0.2, 0.25) is 0 Å². The lowest BCUT2D eigenvalue weighted by atomic mass is 10.2. The van der Waals surface area contributed by atoms with Gasteiger partial charge in [-0.05, 0) is 20.0 Å². The number of hydrogen-bond acceptors (Lipinski definition) is 6. The summed E-state index contributed by atoms with van der Waals surface area (Å²) >= 11 is 0. The molecule has 0 N–H and O–H groups in total. The quantitative estimate of drug-likeness (QED) is 0.791. The van der Waals surface area contributed by atoms with Gasteiger partial charge in [-0.3, -0.25) is 9.78 Å².